The number of carbonyl (C=O) groups is 1. The van der Waals surface area contributed by atoms with Crippen LogP contribution in [0.4, 0.5) is 0 Å². The topological polar surface area (TPSA) is 76.4 Å². The van der Waals surface area contributed by atoms with Crippen molar-refractivity contribution in [2.24, 2.45) is 11.7 Å². The van der Waals surface area contributed by atoms with Gasteiger partial charge in [0.25, 0.3) is 0 Å². The number of hydrogen-bond acceptors (Lipinski definition) is 4. The number of hydrogen-bond donors (Lipinski definition) is 3. The van der Waals surface area contributed by atoms with Gasteiger partial charge in [0.1, 0.15) is 6.61 Å². The first-order valence-corrected chi connectivity index (χ1v) is 7.60. The predicted molar refractivity (Wildman–Crippen MR) is 74.8 cm³/mol. The zero-order chi connectivity index (χ0) is 13.5. The summed E-state index contributed by atoms with van der Waals surface area (Å²) in [6, 6.07) is 1.30. The summed E-state index contributed by atoms with van der Waals surface area (Å²) < 4.78 is 5.19. The minimum atomic E-state index is -0.398. The maximum atomic E-state index is 10.6. The fourth-order valence-corrected chi connectivity index (χ4v) is 3.46. The van der Waals surface area contributed by atoms with Crippen molar-refractivity contribution >= 4 is 5.91 Å². The van der Waals surface area contributed by atoms with Gasteiger partial charge >= 0.3 is 0 Å². The number of carbonyl (C=O) groups excluding carboxylic acids is 1. The van der Waals surface area contributed by atoms with E-state index in [2.05, 4.69) is 10.6 Å². The Kier molecular flexibility index (Phi) is 6.07. The van der Waals surface area contributed by atoms with Crippen LogP contribution in [0.2, 0.25) is 0 Å². The second-order valence-corrected chi connectivity index (χ2v) is 5.73. The van der Waals surface area contributed by atoms with E-state index in [1.54, 1.807) is 0 Å². The van der Waals surface area contributed by atoms with Crippen molar-refractivity contribution < 1.29 is 9.53 Å². The first kappa shape index (κ1) is 14.8. The molecule has 2 rings (SSSR count). The average Bonchev–Trinajstić information content (AvgIpc) is 2.92. The quantitative estimate of drug-likeness (QED) is 0.584. The minimum absolute atomic E-state index is 0.0277. The zero-order valence-corrected chi connectivity index (χ0v) is 11.7. The van der Waals surface area contributed by atoms with Crippen LogP contribution in [-0.4, -0.2) is 44.3 Å². The number of ether oxygens (including phenoxy) is 1. The van der Waals surface area contributed by atoms with Gasteiger partial charge in [-0.15, -0.1) is 0 Å². The molecule has 1 heterocycles. The third-order valence-electron chi connectivity index (χ3n) is 4.33. The van der Waals surface area contributed by atoms with Crippen molar-refractivity contribution in [2.45, 2.75) is 50.6 Å². The number of amides is 1. The van der Waals surface area contributed by atoms with Gasteiger partial charge in [-0.2, -0.15) is 0 Å². The summed E-state index contributed by atoms with van der Waals surface area (Å²) in [4.78, 5) is 10.6. The van der Waals surface area contributed by atoms with Crippen molar-refractivity contribution in [2.75, 3.05) is 26.3 Å². The highest BCUT2D eigenvalue weighted by molar-refractivity contribution is 5.74. The Morgan fingerprint density at radius 3 is 2.84 bits per heavy atom. The van der Waals surface area contributed by atoms with E-state index in [0.717, 1.165) is 12.5 Å². The molecule has 0 radical (unpaired) electrons. The lowest BCUT2D eigenvalue weighted by Gasteiger charge is -2.36. The van der Waals surface area contributed by atoms with Gasteiger partial charge in [0.2, 0.25) is 5.91 Å². The SMILES string of the molecule is NC(=O)COCCNC1CCCCC1C1CCCN1. The maximum Gasteiger partial charge on any atom is 0.243 e. The van der Waals surface area contributed by atoms with Crippen LogP contribution in [0.5, 0.6) is 0 Å². The molecule has 1 saturated heterocycles. The summed E-state index contributed by atoms with van der Waals surface area (Å²) >= 11 is 0. The molecule has 5 nitrogen and oxygen atoms in total. The van der Waals surface area contributed by atoms with Crippen LogP contribution >= 0.6 is 0 Å². The molecule has 0 aromatic carbocycles. The first-order valence-electron chi connectivity index (χ1n) is 7.60. The summed E-state index contributed by atoms with van der Waals surface area (Å²) in [5.41, 5.74) is 5.03. The molecule has 0 spiro atoms. The van der Waals surface area contributed by atoms with E-state index in [1.807, 2.05) is 0 Å². The Hall–Kier alpha value is -0.650. The lowest BCUT2D eigenvalue weighted by Crippen LogP contribution is -2.47. The zero-order valence-electron chi connectivity index (χ0n) is 11.7. The van der Waals surface area contributed by atoms with Gasteiger partial charge in [0.15, 0.2) is 0 Å². The molecule has 5 heteroatoms. The van der Waals surface area contributed by atoms with E-state index in [4.69, 9.17) is 10.5 Å². The molecule has 0 bridgehead atoms. The van der Waals surface area contributed by atoms with E-state index in [9.17, 15) is 4.79 Å². The van der Waals surface area contributed by atoms with Gasteiger partial charge in [-0.1, -0.05) is 12.8 Å². The highest BCUT2D eigenvalue weighted by Crippen LogP contribution is 2.30. The highest BCUT2D eigenvalue weighted by atomic mass is 16.5. The number of rotatable bonds is 7. The minimum Gasteiger partial charge on any atom is -0.370 e. The summed E-state index contributed by atoms with van der Waals surface area (Å²) in [7, 11) is 0. The normalized spacial score (nSPS) is 31.5. The Morgan fingerprint density at radius 2 is 2.11 bits per heavy atom. The molecule has 2 aliphatic rings. The lowest BCUT2D eigenvalue weighted by molar-refractivity contribution is -0.122. The Bertz CT molecular complexity index is 280. The standard InChI is InChI=1S/C14H27N3O2/c15-14(18)10-19-9-8-17-12-5-2-1-4-11(12)13-6-3-7-16-13/h11-13,16-17H,1-10H2,(H2,15,18). The number of nitrogens with one attached hydrogen (secondary N) is 2. The van der Waals surface area contributed by atoms with Crippen LogP contribution in [0.25, 0.3) is 0 Å². The molecule has 0 aromatic heterocycles. The summed E-state index contributed by atoms with van der Waals surface area (Å²) in [5, 5.41) is 7.25. The summed E-state index contributed by atoms with van der Waals surface area (Å²) in [5.74, 6) is 0.359. The molecule has 1 aliphatic carbocycles. The van der Waals surface area contributed by atoms with Crippen LogP contribution in [0.1, 0.15) is 38.5 Å². The molecule has 0 aromatic rings. The molecule has 1 aliphatic heterocycles. The fraction of sp³-hybridized carbons (Fsp3) is 0.929. The van der Waals surface area contributed by atoms with Gasteiger partial charge in [-0.25, -0.2) is 0 Å². The number of primary amides is 1. The van der Waals surface area contributed by atoms with Gasteiger partial charge in [0.05, 0.1) is 6.61 Å². The lowest BCUT2D eigenvalue weighted by atomic mass is 9.79. The van der Waals surface area contributed by atoms with Crippen LogP contribution in [0.15, 0.2) is 0 Å². The molecule has 110 valence electrons. The molecular formula is C14H27N3O2. The van der Waals surface area contributed by atoms with Crippen LogP contribution in [0.3, 0.4) is 0 Å². The molecule has 19 heavy (non-hydrogen) atoms. The monoisotopic (exact) mass is 269 g/mol. The largest absolute Gasteiger partial charge is 0.370 e. The van der Waals surface area contributed by atoms with Gasteiger partial charge in [-0.3, -0.25) is 4.79 Å². The van der Waals surface area contributed by atoms with E-state index >= 15 is 0 Å². The van der Waals surface area contributed by atoms with Gasteiger partial charge < -0.3 is 21.1 Å². The molecule has 1 saturated carbocycles. The van der Waals surface area contributed by atoms with Crippen LogP contribution in [-0.2, 0) is 9.53 Å². The maximum absolute atomic E-state index is 10.6. The third kappa shape index (κ3) is 4.75. The third-order valence-corrected chi connectivity index (χ3v) is 4.33. The predicted octanol–water partition coefficient (Wildman–Crippen LogP) is 0.389. The Labute approximate surface area is 115 Å². The van der Waals surface area contributed by atoms with Crippen molar-refractivity contribution in [3.63, 3.8) is 0 Å². The molecule has 1 amide bonds. The van der Waals surface area contributed by atoms with Crippen LogP contribution < -0.4 is 16.4 Å². The van der Waals surface area contributed by atoms with E-state index in [0.29, 0.717) is 18.7 Å². The molecule has 3 atom stereocenters. The van der Waals surface area contributed by atoms with Crippen molar-refractivity contribution in [1.82, 2.24) is 10.6 Å². The first-order chi connectivity index (χ1) is 9.27. The van der Waals surface area contributed by atoms with Crippen molar-refractivity contribution in [3.05, 3.63) is 0 Å². The highest BCUT2D eigenvalue weighted by Gasteiger charge is 2.32. The van der Waals surface area contributed by atoms with Crippen molar-refractivity contribution in [3.8, 4) is 0 Å². The van der Waals surface area contributed by atoms with E-state index in [-0.39, 0.29) is 6.61 Å². The molecule has 4 N–H and O–H groups in total. The Balaban J connectivity index is 1.68. The van der Waals surface area contributed by atoms with E-state index in [1.165, 1.54) is 45.1 Å². The van der Waals surface area contributed by atoms with Gasteiger partial charge in [0, 0.05) is 18.6 Å². The second-order valence-electron chi connectivity index (χ2n) is 5.73. The smallest absolute Gasteiger partial charge is 0.243 e. The van der Waals surface area contributed by atoms with Gasteiger partial charge in [-0.05, 0) is 38.1 Å². The Morgan fingerprint density at radius 1 is 1.26 bits per heavy atom. The molecule has 2 fully saturated rings. The molecule has 3 unspecified atom stereocenters. The number of nitrogens with two attached hydrogens (primary N) is 1. The second kappa shape index (κ2) is 7.82. The fourth-order valence-electron chi connectivity index (χ4n) is 3.46. The average molecular weight is 269 g/mol. The summed E-state index contributed by atoms with van der Waals surface area (Å²) in [6.07, 6.45) is 7.91. The van der Waals surface area contributed by atoms with E-state index < -0.39 is 5.91 Å². The van der Waals surface area contributed by atoms with Crippen molar-refractivity contribution in [1.29, 1.82) is 0 Å². The van der Waals surface area contributed by atoms with Crippen LogP contribution in [0, 0.1) is 5.92 Å². The summed E-state index contributed by atoms with van der Waals surface area (Å²) in [6.45, 7) is 2.57. The molecular weight excluding hydrogens is 242 g/mol.